The summed E-state index contributed by atoms with van der Waals surface area (Å²) >= 11 is 0. The van der Waals surface area contributed by atoms with E-state index in [1.54, 1.807) is 6.08 Å². The molecule has 1 saturated heterocycles. The maximum absolute atomic E-state index is 3.36. The van der Waals surface area contributed by atoms with Gasteiger partial charge in [0.2, 0.25) is 0 Å². The third kappa shape index (κ3) is 5.03. The number of rotatable bonds is 0. The molecule has 0 aromatic heterocycles. The van der Waals surface area contributed by atoms with E-state index in [1.165, 1.54) is 13.0 Å². The van der Waals surface area contributed by atoms with E-state index in [2.05, 4.69) is 42.9 Å². The van der Waals surface area contributed by atoms with E-state index in [-0.39, 0.29) is 1.43 Å². The number of nitrogens with zero attached hydrogens (tertiary/aromatic N) is 2. The Kier molecular flexibility index (Phi) is 6.86. The molecule has 0 spiro atoms. The van der Waals surface area contributed by atoms with Crippen LogP contribution in [-0.2, 0) is 0 Å². The normalized spacial score (nSPS) is 25.7. The van der Waals surface area contributed by atoms with Crippen LogP contribution in [-0.4, -0.2) is 43.3 Å². The highest BCUT2D eigenvalue weighted by Gasteiger charge is 2.16. The van der Waals surface area contributed by atoms with Gasteiger partial charge < -0.3 is 0 Å². The molecule has 1 fully saturated rings. The molecule has 1 rings (SSSR count). The Morgan fingerprint density at radius 3 is 2.62 bits per heavy atom. The highest BCUT2D eigenvalue weighted by Crippen LogP contribution is 2.02. The highest BCUT2D eigenvalue weighted by atomic mass is 15.6. The molecular weight excluding hydrogens is 162 g/mol. The molecule has 0 saturated carbocycles. The molecule has 3 nitrogen and oxygen atoms in total. The SMILES string of the molecule is C=CC.CC1N(C)CCCNN1C.[HH]. The molecule has 1 N–H and O–H groups in total. The fourth-order valence-corrected chi connectivity index (χ4v) is 1.20. The van der Waals surface area contributed by atoms with E-state index in [4.69, 9.17) is 0 Å². The van der Waals surface area contributed by atoms with Crippen LogP contribution in [0.2, 0.25) is 0 Å². The minimum absolute atomic E-state index is 0. The van der Waals surface area contributed by atoms with Crippen molar-refractivity contribution in [1.82, 2.24) is 15.3 Å². The lowest BCUT2D eigenvalue weighted by Crippen LogP contribution is -2.46. The first-order valence-corrected chi connectivity index (χ1v) is 4.87. The maximum atomic E-state index is 3.36. The van der Waals surface area contributed by atoms with E-state index in [0.717, 1.165) is 6.54 Å². The van der Waals surface area contributed by atoms with Gasteiger partial charge in [-0.1, -0.05) is 6.08 Å². The van der Waals surface area contributed by atoms with Gasteiger partial charge in [-0.2, -0.15) is 0 Å². The predicted octanol–water partition coefficient (Wildman–Crippen LogP) is 1.54. The van der Waals surface area contributed by atoms with Crippen molar-refractivity contribution in [3.05, 3.63) is 12.7 Å². The molecule has 0 amide bonds. The van der Waals surface area contributed by atoms with Gasteiger partial charge in [-0.3, -0.25) is 10.3 Å². The Bertz CT molecular complexity index is 129. The van der Waals surface area contributed by atoms with E-state index < -0.39 is 0 Å². The second-order valence-corrected chi connectivity index (χ2v) is 3.39. The summed E-state index contributed by atoms with van der Waals surface area (Å²) in [4.78, 5) is 2.35. The first-order valence-electron chi connectivity index (χ1n) is 4.87. The summed E-state index contributed by atoms with van der Waals surface area (Å²) < 4.78 is 0. The van der Waals surface area contributed by atoms with Crippen LogP contribution in [0.1, 0.15) is 21.7 Å². The van der Waals surface area contributed by atoms with E-state index in [0.29, 0.717) is 6.17 Å². The summed E-state index contributed by atoms with van der Waals surface area (Å²) in [5, 5.41) is 2.16. The van der Waals surface area contributed by atoms with Crippen LogP contribution in [0, 0.1) is 0 Å². The fraction of sp³-hybridized carbons (Fsp3) is 0.800. The van der Waals surface area contributed by atoms with Crippen molar-refractivity contribution in [3.8, 4) is 0 Å². The van der Waals surface area contributed by atoms with Crippen LogP contribution in [0.25, 0.3) is 0 Å². The standard InChI is InChI=1S/C7H17N3.C3H6.H2/c1-7-9(2)6-4-5-8-10(7)3;1-3-2;/h7-8H,4-6H2,1-3H3;3H,1H2,2H3;1H. The number of allylic oxidation sites excluding steroid dienone is 1. The molecule has 80 valence electrons. The summed E-state index contributed by atoms with van der Waals surface area (Å²) in [6, 6.07) is 0. The molecule has 0 aromatic rings. The van der Waals surface area contributed by atoms with Crippen LogP contribution in [0.3, 0.4) is 0 Å². The van der Waals surface area contributed by atoms with Crippen molar-refractivity contribution in [2.75, 3.05) is 27.2 Å². The molecule has 1 aliphatic rings. The van der Waals surface area contributed by atoms with E-state index in [9.17, 15) is 0 Å². The Morgan fingerprint density at radius 2 is 2.08 bits per heavy atom. The van der Waals surface area contributed by atoms with Gasteiger partial charge in [0.25, 0.3) is 0 Å². The summed E-state index contributed by atoms with van der Waals surface area (Å²) in [7, 11) is 4.25. The summed E-state index contributed by atoms with van der Waals surface area (Å²) in [5.74, 6) is 0. The molecule has 1 unspecified atom stereocenters. The first kappa shape index (κ1) is 12.6. The van der Waals surface area contributed by atoms with Gasteiger partial charge in [-0.05, 0) is 27.3 Å². The topological polar surface area (TPSA) is 18.5 Å². The quantitative estimate of drug-likeness (QED) is 0.580. The molecule has 3 heteroatoms. The number of hydrazine groups is 1. The summed E-state index contributed by atoms with van der Waals surface area (Å²) in [5.41, 5.74) is 3.32. The summed E-state index contributed by atoms with van der Waals surface area (Å²) in [6.45, 7) is 9.75. The fourth-order valence-electron chi connectivity index (χ4n) is 1.20. The van der Waals surface area contributed by atoms with Gasteiger partial charge in [-0.25, -0.2) is 5.01 Å². The molecule has 1 heterocycles. The zero-order valence-corrected chi connectivity index (χ0v) is 9.38. The van der Waals surface area contributed by atoms with Crippen LogP contribution < -0.4 is 5.43 Å². The van der Waals surface area contributed by atoms with Crippen LogP contribution in [0.4, 0.5) is 0 Å². The second-order valence-electron chi connectivity index (χ2n) is 3.39. The van der Waals surface area contributed by atoms with Crippen LogP contribution >= 0.6 is 0 Å². The predicted molar refractivity (Wildman–Crippen MR) is 60.5 cm³/mol. The number of nitrogens with one attached hydrogen (secondary N) is 1. The molecular formula is C10H25N3. The molecule has 0 aliphatic carbocycles. The molecule has 0 radical (unpaired) electrons. The second kappa shape index (κ2) is 7.06. The summed E-state index contributed by atoms with van der Waals surface area (Å²) in [6.07, 6.45) is 3.51. The minimum Gasteiger partial charge on any atom is -0.290 e. The molecule has 0 aromatic carbocycles. The van der Waals surface area contributed by atoms with Gasteiger partial charge in [0, 0.05) is 21.6 Å². The minimum atomic E-state index is 0. The third-order valence-corrected chi connectivity index (χ3v) is 2.25. The zero-order chi connectivity index (χ0) is 10.3. The van der Waals surface area contributed by atoms with Crippen molar-refractivity contribution in [2.24, 2.45) is 0 Å². The van der Waals surface area contributed by atoms with Gasteiger partial charge in [0.15, 0.2) is 0 Å². The first-order chi connectivity index (χ1) is 6.13. The van der Waals surface area contributed by atoms with Crippen molar-refractivity contribution in [1.29, 1.82) is 0 Å². The Balaban J connectivity index is 0. The van der Waals surface area contributed by atoms with Crippen LogP contribution in [0.5, 0.6) is 0 Å². The van der Waals surface area contributed by atoms with Gasteiger partial charge >= 0.3 is 0 Å². The van der Waals surface area contributed by atoms with Crippen LogP contribution in [0.15, 0.2) is 12.7 Å². The van der Waals surface area contributed by atoms with Crippen molar-refractivity contribution < 1.29 is 1.43 Å². The molecule has 13 heavy (non-hydrogen) atoms. The van der Waals surface area contributed by atoms with Crippen molar-refractivity contribution in [2.45, 2.75) is 26.4 Å². The molecule has 1 atom stereocenters. The lowest BCUT2D eigenvalue weighted by Gasteiger charge is -2.28. The monoisotopic (exact) mass is 187 g/mol. The Labute approximate surface area is 83.9 Å². The Morgan fingerprint density at radius 1 is 1.54 bits per heavy atom. The van der Waals surface area contributed by atoms with Gasteiger partial charge in [-0.15, -0.1) is 6.58 Å². The maximum Gasteiger partial charge on any atom is 0.0723 e. The zero-order valence-electron chi connectivity index (χ0n) is 9.38. The molecule has 1 aliphatic heterocycles. The number of hydrogen-bond donors (Lipinski definition) is 1. The largest absolute Gasteiger partial charge is 0.290 e. The Hall–Kier alpha value is -0.380. The van der Waals surface area contributed by atoms with Gasteiger partial charge in [0.05, 0.1) is 6.17 Å². The van der Waals surface area contributed by atoms with E-state index >= 15 is 0 Å². The number of hydrogen-bond acceptors (Lipinski definition) is 3. The van der Waals surface area contributed by atoms with E-state index in [1.807, 2.05) is 6.92 Å². The van der Waals surface area contributed by atoms with Crippen molar-refractivity contribution in [3.63, 3.8) is 0 Å². The molecule has 0 bridgehead atoms. The lowest BCUT2D eigenvalue weighted by molar-refractivity contribution is 0.0804. The third-order valence-electron chi connectivity index (χ3n) is 2.25. The smallest absolute Gasteiger partial charge is 0.0723 e. The highest BCUT2D eigenvalue weighted by molar-refractivity contribution is 4.64. The van der Waals surface area contributed by atoms with Gasteiger partial charge in [0.1, 0.15) is 0 Å². The average Bonchev–Trinajstić information content (AvgIpc) is 2.22. The van der Waals surface area contributed by atoms with Crippen molar-refractivity contribution >= 4 is 0 Å². The average molecular weight is 187 g/mol. The lowest BCUT2D eigenvalue weighted by atomic mass is 10.4.